The first-order valence-electron chi connectivity index (χ1n) is 3.88. The SMILES string of the molecule is CC[C@H](C(=O)O)c1cccnc1. The summed E-state index contributed by atoms with van der Waals surface area (Å²) in [6.07, 6.45) is 3.83. The topological polar surface area (TPSA) is 50.2 Å². The van der Waals surface area contributed by atoms with Crippen LogP contribution in [0.4, 0.5) is 0 Å². The number of carboxylic acids is 1. The minimum atomic E-state index is -0.787. The van der Waals surface area contributed by atoms with Crippen LogP contribution in [0.15, 0.2) is 24.5 Å². The van der Waals surface area contributed by atoms with Gasteiger partial charge < -0.3 is 5.11 Å². The van der Waals surface area contributed by atoms with Crippen molar-refractivity contribution < 1.29 is 9.90 Å². The number of carboxylic acid groups (broad SMARTS) is 1. The minimum absolute atomic E-state index is 0.418. The van der Waals surface area contributed by atoms with Gasteiger partial charge in [-0.15, -0.1) is 0 Å². The molecule has 0 aliphatic carbocycles. The summed E-state index contributed by atoms with van der Waals surface area (Å²) in [6.45, 7) is 1.85. The van der Waals surface area contributed by atoms with E-state index in [4.69, 9.17) is 5.11 Å². The zero-order valence-corrected chi connectivity index (χ0v) is 6.90. The minimum Gasteiger partial charge on any atom is -0.481 e. The van der Waals surface area contributed by atoms with Gasteiger partial charge in [-0.25, -0.2) is 0 Å². The van der Waals surface area contributed by atoms with Crippen molar-refractivity contribution >= 4 is 5.97 Å². The standard InChI is InChI=1S/C9H11NO2/c1-2-8(9(11)12)7-4-3-5-10-6-7/h3-6,8H,2H2,1H3,(H,11,12)/t8-/m0/s1. The molecule has 0 radical (unpaired) electrons. The van der Waals surface area contributed by atoms with Gasteiger partial charge in [0.05, 0.1) is 5.92 Å². The summed E-state index contributed by atoms with van der Waals surface area (Å²) in [4.78, 5) is 14.6. The van der Waals surface area contributed by atoms with Crippen LogP contribution in [0, 0.1) is 0 Å². The van der Waals surface area contributed by atoms with Gasteiger partial charge in [0.1, 0.15) is 0 Å². The number of rotatable bonds is 3. The van der Waals surface area contributed by atoms with Crippen LogP contribution in [-0.4, -0.2) is 16.1 Å². The van der Waals surface area contributed by atoms with Crippen molar-refractivity contribution in [2.75, 3.05) is 0 Å². The monoisotopic (exact) mass is 165 g/mol. The Morgan fingerprint density at radius 1 is 1.75 bits per heavy atom. The molecule has 0 spiro atoms. The van der Waals surface area contributed by atoms with E-state index in [2.05, 4.69) is 4.98 Å². The highest BCUT2D eigenvalue weighted by molar-refractivity contribution is 5.75. The third-order valence-electron chi connectivity index (χ3n) is 1.79. The van der Waals surface area contributed by atoms with E-state index in [1.54, 1.807) is 24.5 Å². The first kappa shape index (κ1) is 8.71. The summed E-state index contributed by atoms with van der Waals surface area (Å²) in [6, 6.07) is 3.54. The number of aliphatic carboxylic acids is 1. The van der Waals surface area contributed by atoms with Crippen molar-refractivity contribution in [3.05, 3.63) is 30.1 Å². The summed E-state index contributed by atoms with van der Waals surface area (Å²) < 4.78 is 0. The average molecular weight is 165 g/mol. The molecule has 1 heterocycles. The zero-order chi connectivity index (χ0) is 8.97. The Balaban J connectivity index is 2.88. The fourth-order valence-corrected chi connectivity index (χ4v) is 1.13. The van der Waals surface area contributed by atoms with Crippen LogP contribution in [-0.2, 0) is 4.79 Å². The molecular formula is C9H11NO2. The Morgan fingerprint density at radius 2 is 2.50 bits per heavy atom. The van der Waals surface area contributed by atoms with Crippen molar-refractivity contribution in [3.63, 3.8) is 0 Å². The molecule has 0 aromatic carbocycles. The number of pyridine rings is 1. The summed E-state index contributed by atoms with van der Waals surface area (Å²) in [5.41, 5.74) is 0.771. The maximum Gasteiger partial charge on any atom is 0.311 e. The third kappa shape index (κ3) is 1.81. The Labute approximate surface area is 71.1 Å². The van der Waals surface area contributed by atoms with E-state index in [1.165, 1.54) is 0 Å². The van der Waals surface area contributed by atoms with Crippen LogP contribution in [0.1, 0.15) is 24.8 Å². The maximum atomic E-state index is 10.7. The molecule has 0 aliphatic rings. The first-order chi connectivity index (χ1) is 5.75. The number of hydrogen-bond acceptors (Lipinski definition) is 2. The summed E-state index contributed by atoms with van der Waals surface area (Å²) >= 11 is 0. The largest absolute Gasteiger partial charge is 0.481 e. The normalized spacial score (nSPS) is 12.4. The molecule has 1 rings (SSSR count). The quantitative estimate of drug-likeness (QED) is 0.741. The van der Waals surface area contributed by atoms with Crippen LogP contribution in [0.2, 0.25) is 0 Å². The van der Waals surface area contributed by atoms with Crippen LogP contribution < -0.4 is 0 Å². The van der Waals surface area contributed by atoms with E-state index in [9.17, 15) is 4.79 Å². The van der Waals surface area contributed by atoms with Gasteiger partial charge >= 0.3 is 5.97 Å². The van der Waals surface area contributed by atoms with E-state index in [1.807, 2.05) is 6.92 Å². The Hall–Kier alpha value is -1.38. The number of carbonyl (C=O) groups is 1. The smallest absolute Gasteiger partial charge is 0.311 e. The lowest BCUT2D eigenvalue weighted by atomic mass is 9.99. The van der Waals surface area contributed by atoms with Gasteiger partial charge in [0.25, 0.3) is 0 Å². The van der Waals surface area contributed by atoms with Crippen molar-refractivity contribution in [1.29, 1.82) is 0 Å². The highest BCUT2D eigenvalue weighted by Crippen LogP contribution is 2.17. The lowest BCUT2D eigenvalue weighted by molar-refractivity contribution is -0.138. The van der Waals surface area contributed by atoms with E-state index in [-0.39, 0.29) is 0 Å². The molecule has 3 nitrogen and oxygen atoms in total. The number of nitrogens with zero attached hydrogens (tertiary/aromatic N) is 1. The summed E-state index contributed by atoms with van der Waals surface area (Å²) in [5.74, 6) is -1.20. The second-order valence-corrected chi connectivity index (χ2v) is 2.59. The van der Waals surface area contributed by atoms with Crippen molar-refractivity contribution in [2.45, 2.75) is 19.3 Å². The Morgan fingerprint density at radius 3 is 2.92 bits per heavy atom. The molecule has 0 saturated heterocycles. The third-order valence-corrected chi connectivity index (χ3v) is 1.79. The van der Waals surface area contributed by atoms with E-state index >= 15 is 0 Å². The molecule has 1 atom stereocenters. The number of aromatic nitrogens is 1. The summed E-state index contributed by atoms with van der Waals surface area (Å²) in [7, 11) is 0. The van der Waals surface area contributed by atoms with Crippen LogP contribution in [0.5, 0.6) is 0 Å². The fourth-order valence-electron chi connectivity index (χ4n) is 1.13. The van der Waals surface area contributed by atoms with Gasteiger partial charge in [-0.3, -0.25) is 9.78 Å². The molecule has 0 bridgehead atoms. The van der Waals surface area contributed by atoms with Crippen LogP contribution in [0.25, 0.3) is 0 Å². The predicted molar refractivity (Wildman–Crippen MR) is 44.9 cm³/mol. The highest BCUT2D eigenvalue weighted by atomic mass is 16.4. The average Bonchev–Trinajstić information content (AvgIpc) is 2.07. The molecule has 0 aliphatic heterocycles. The Kier molecular flexibility index (Phi) is 2.80. The fraction of sp³-hybridized carbons (Fsp3) is 0.333. The molecule has 12 heavy (non-hydrogen) atoms. The van der Waals surface area contributed by atoms with E-state index in [0.29, 0.717) is 6.42 Å². The molecule has 1 aromatic heterocycles. The Bertz CT molecular complexity index is 258. The molecular weight excluding hydrogens is 154 g/mol. The molecule has 3 heteroatoms. The van der Waals surface area contributed by atoms with Gasteiger partial charge in [-0.1, -0.05) is 13.0 Å². The van der Waals surface area contributed by atoms with Crippen molar-refractivity contribution in [3.8, 4) is 0 Å². The molecule has 0 amide bonds. The van der Waals surface area contributed by atoms with Gasteiger partial charge in [0.15, 0.2) is 0 Å². The molecule has 0 saturated carbocycles. The van der Waals surface area contributed by atoms with Gasteiger partial charge in [-0.05, 0) is 18.1 Å². The van der Waals surface area contributed by atoms with Gasteiger partial charge in [-0.2, -0.15) is 0 Å². The second kappa shape index (κ2) is 3.85. The molecule has 1 aromatic rings. The second-order valence-electron chi connectivity index (χ2n) is 2.59. The lowest BCUT2D eigenvalue weighted by Crippen LogP contribution is -2.10. The molecule has 0 fully saturated rings. The lowest BCUT2D eigenvalue weighted by Gasteiger charge is -2.07. The van der Waals surface area contributed by atoms with E-state index < -0.39 is 11.9 Å². The van der Waals surface area contributed by atoms with Crippen molar-refractivity contribution in [2.24, 2.45) is 0 Å². The predicted octanol–water partition coefficient (Wildman–Crippen LogP) is 1.66. The summed E-state index contributed by atoms with van der Waals surface area (Å²) in [5, 5.41) is 8.80. The first-order valence-corrected chi connectivity index (χ1v) is 3.88. The molecule has 64 valence electrons. The van der Waals surface area contributed by atoms with Gasteiger partial charge in [0.2, 0.25) is 0 Å². The van der Waals surface area contributed by atoms with Crippen molar-refractivity contribution in [1.82, 2.24) is 4.98 Å². The number of hydrogen-bond donors (Lipinski definition) is 1. The maximum absolute atomic E-state index is 10.7. The van der Waals surface area contributed by atoms with Crippen LogP contribution in [0.3, 0.4) is 0 Å². The van der Waals surface area contributed by atoms with Gasteiger partial charge in [0, 0.05) is 12.4 Å². The molecule has 0 unspecified atom stereocenters. The van der Waals surface area contributed by atoms with Crippen LogP contribution >= 0.6 is 0 Å². The zero-order valence-electron chi connectivity index (χ0n) is 6.90. The molecule has 1 N–H and O–H groups in total. The van der Waals surface area contributed by atoms with E-state index in [0.717, 1.165) is 5.56 Å². The highest BCUT2D eigenvalue weighted by Gasteiger charge is 2.16.